The van der Waals surface area contributed by atoms with E-state index in [9.17, 15) is 9.18 Å². The van der Waals surface area contributed by atoms with E-state index >= 15 is 0 Å². The van der Waals surface area contributed by atoms with Crippen LogP contribution in [0, 0.1) is 5.82 Å². The molecule has 0 bridgehead atoms. The molecule has 0 aliphatic rings. The van der Waals surface area contributed by atoms with E-state index in [0.717, 1.165) is 0 Å². The number of aldehydes is 1. The molecule has 0 N–H and O–H groups in total. The van der Waals surface area contributed by atoms with Gasteiger partial charge in [-0.2, -0.15) is 0 Å². The van der Waals surface area contributed by atoms with Gasteiger partial charge in [-0.05, 0) is 24.3 Å². The molecule has 0 atom stereocenters. The lowest BCUT2D eigenvalue weighted by molar-refractivity contribution is 0.111. The van der Waals surface area contributed by atoms with Gasteiger partial charge in [-0.25, -0.2) is 9.37 Å². The summed E-state index contributed by atoms with van der Waals surface area (Å²) >= 11 is 5.85. The lowest BCUT2D eigenvalue weighted by Crippen LogP contribution is -1.89. The summed E-state index contributed by atoms with van der Waals surface area (Å²) in [5.41, 5.74) is 0.759. The summed E-state index contributed by atoms with van der Waals surface area (Å²) < 4.78 is 12.8. The number of carbonyl (C=O) groups is 1. The molecule has 0 unspecified atom stereocenters. The first kappa shape index (κ1) is 9.09. The lowest BCUT2D eigenvalue weighted by atomic mass is 10.2. The Balaban J connectivity index is 2.82. The van der Waals surface area contributed by atoms with E-state index in [1.807, 2.05) is 0 Å². The van der Waals surface area contributed by atoms with Gasteiger partial charge < -0.3 is 0 Å². The molecule has 0 amide bonds. The molecule has 4 heteroatoms. The van der Waals surface area contributed by atoms with Crippen molar-refractivity contribution >= 4 is 28.8 Å². The van der Waals surface area contributed by atoms with Gasteiger partial charge in [0.25, 0.3) is 0 Å². The highest BCUT2D eigenvalue weighted by atomic mass is 35.5. The number of aromatic nitrogens is 1. The van der Waals surface area contributed by atoms with Crippen molar-refractivity contribution in [2.45, 2.75) is 0 Å². The second kappa shape index (κ2) is 3.35. The third-order valence-corrected chi connectivity index (χ3v) is 2.17. The Hall–Kier alpha value is -1.48. The van der Waals surface area contributed by atoms with Crippen molar-refractivity contribution in [2.24, 2.45) is 0 Å². The van der Waals surface area contributed by atoms with Crippen LogP contribution >= 0.6 is 11.6 Å². The molecule has 0 saturated heterocycles. The number of rotatable bonds is 1. The summed E-state index contributed by atoms with van der Waals surface area (Å²) in [4.78, 5) is 14.5. The van der Waals surface area contributed by atoms with Crippen LogP contribution in [-0.2, 0) is 0 Å². The second-order valence-corrected chi connectivity index (χ2v) is 3.22. The summed E-state index contributed by atoms with van der Waals surface area (Å²) in [5.74, 6) is -0.375. The summed E-state index contributed by atoms with van der Waals surface area (Å²) in [7, 11) is 0. The summed E-state index contributed by atoms with van der Waals surface area (Å²) in [6.07, 6.45) is 0.606. The molecule has 2 aromatic rings. The molecule has 1 aromatic heterocycles. The van der Waals surface area contributed by atoms with Crippen LogP contribution < -0.4 is 0 Å². The first-order valence-electron chi connectivity index (χ1n) is 3.91. The van der Waals surface area contributed by atoms with Crippen molar-refractivity contribution in [1.29, 1.82) is 0 Å². The molecule has 1 heterocycles. The minimum atomic E-state index is -0.375. The summed E-state index contributed by atoms with van der Waals surface area (Å²) in [6.45, 7) is 0. The largest absolute Gasteiger partial charge is 0.296 e. The molecule has 2 rings (SSSR count). The predicted molar refractivity (Wildman–Crippen MR) is 52.1 cm³/mol. The fraction of sp³-hybridized carbons (Fsp3) is 0. The first-order valence-corrected chi connectivity index (χ1v) is 4.29. The van der Waals surface area contributed by atoms with E-state index in [0.29, 0.717) is 22.2 Å². The number of halogens is 2. The Labute approximate surface area is 84.3 Å². The average Bonchev–Trinajstić information content (AvgIpc) is 2.19. The molecule has 0 fully saturated rings. The van der Waals surface area contributed by atoms with Crippen LogP contribution in [0.4, 0.5) is 4.39 Å². The third-order valence-electron chi connectivity index (χ3n) is 1.86. The zero-order valence-electron chi connectivity index (χ0n) is 7.00. The molecule has 1 aromatic carbocycles. The van der Waals surface area contributed by atoms with Gasteiger partial charge in [-0.3, -0.25) is 4.79 Å². The number of nitrogens with zero attached hydrogens (tertiary/aromatic N) is 1. The van der Waals surface area contributed by atoms with Crippen molar-refractivity contribution < 1.29 is 9.18 Å². The Morgan fingerprint density at radius 1 is 1.36 bits per heavy atom. The van der Waals surface area contributed by atoms with E-state index in [1.165, 1.54) is 24.3 Å². The third kappa shape index (κ3) is 1.46. The quantitative estimate of drug-likeness (QED) is 0.676. The van der Waals surface area contributed by atoms with Crippen molar-refractivity contribution in [3.63, 3.8) is 0 Å². The van der Waals surface area contributed by atoms with E-state index < -0.39 is 0 Å². The average molecular weight is 210 g/mol. The normalized spacial score (nSPS) is 10.4. The molecule has 2 nitrogen and oxygen atoms in total. The topological polar surface area (TPSA) is 30.0 Å². The van der Waals surface area contributed by atoms with E-state index in [4.69, 9.17) is 11.6 Å². The predicted octanol–water partition coefficient (Wildman–Crippen LogP) is 2.84. The first-order chi connectivity index (χ1) is 6.70. The maximum absolute atomic E-state index is 12.8. The van der Waals surface area contributed by atoms with Crippen LogP contribution in [0.25, 0.3) is 10.9 Å². The Morgan fingerprint density at radius 2 is 2.14 bits per heavy atom. The highest BCUT2D eigenvalue weighted by molar-refractivity contribution is 6.35. The van der Waals surface area contributed by atoms with Gasteiger partial charge in [0.1, 0.15) is 11.5 Å². The molecule has 0 saturated carbocycles. The number of carbonyl (C=O) groups excluding carboxylic acids is 1. The van der Waals surface area contributed by atoms with Gasteiger partial charge in [0.2, 0.25) is 0 Å². The number of hydrogen-bond acceptors (Lipinski definition) is 2. The maximum Gasteiger partial charge on any atom is 0.168 e. The van der Waals surface area contributed by atoms with Crippen molar-refractivity contribution in [1.82, 2.24) is 4.98 Å². The molecule has 70 valence electrons. The number of benzene rings is 1. The SMILES string of the molecule is O=Cc1cc(Cl)c2cc(F)ccc2n1. The fourth-order valence-corrected chi connectivity index (χ4v) is 1.50. The molecule has 0 aliphatic carbocycles. The van der Waals surface area contributed by atoms with Crippen LogP contribution in [0.3, 0.4) is 0 Å². The fourth-order valence-electron chi connectivity index (χ4n) is 1.24. The minimum Gasteiger partial charge on any atom is -0.296 e. The number of hydrogen-bond donors (Lipinski definition) is 0. The maximum atomic E-state index is 12.8. The van der Waals surface area contributed by atoms with E-state index in [-0.39, 0.29) is 11.5 Å². The standard InChI is InChI=1S/C10H5ClFNO/c11-9-4-7(5-14)13-10-2-1-6(12)3-8(9)10/h1-5H. The van der Waals surface area contributed by atoms with Crippen LogP contribution in [0.15, 0.2) is 24.3 Å². The molecule has 0 radical (unpaired) electrons. The van der Waals surface area contributed by atoms with Crippen molar-refractivity contribution in [3.8, 4) is 0 Å². The smallest absolute Gasteiger partial charge is 0.168 e. The van der Waals surface area contributed by atoms with E-state index in [2.05, 4.69) is 4.98 Å². The molecule has 0 aliphatic heterocycles. The lowest BCUT2D eigenvalue weighted by Gasteiger charge is -2.00. The Bertz CT molecular complexity index is 513. The van der Waals surface area contributed by atoms with Crippen molar-refractivity contribution in [3.05, 3.63) is 40.8 Å². The highest BCUT2D eigenvalue weighted by Crippen LogP contribution is 2.23. The van der Waals surface area contributed by atoms with Crippen LogP contribution in [-0.4, -0.2) is 11.3 Å². The zero-order valence-corrected chi connectivity index (χ0v) is 7.75. The number of pyridine rings is 1. The molecule has 0 spiro atoms. The monoisotopic (exact) mass is 209 g/mol. The van der Waals surface area contributed by atoms with Crippen LogP contribution in [0.2, 0.25) is 5.02 Å². The Kier molecular flexibility index (Phi) is 2.17. The van der Waals surface area contributed by atoms with Gasteiger partial charge >= 0.3 is 0 Å². The van der Waals surface area contributed by atoms with Gasteiger partial charge in [0, 0.05) is 5.39 Å². The molecular formula is C10H5ClFNO. The molecular weight excluding hydrogens is 205 g/mol. The zero-order chi connectivity index (χ0) is 10.1. The minimum absolute atomic E-state index is 0.245. The van der Waals surface area contributed by atoms with E-state index in [1.54, 1.807) is 0 Å². The highest BCUT2D eigenvalue weighted by Gasteiger charge is 2.04. The van der Waals surface area contributed by atoms with Gasteiger partial charge in [-0.15, -0.1) is 0 Å². The molecule has 14 heavy (non-hydrogen) atoms. The van der Waals surface area contributed by atoms with Gasteiger partial charge in [0.05, 0.1) is 10.5 Å². The number of fused-ring (bicyclic) bond motifs is 1. The second-order valence-electron chi connectivity index (χ2n) is 2.81. The van der Waals surface area contributed by atoms with Crippen molar-refractivity contribution in [2.75, 3.05) is 0 Å². The van der Waals surface area contributed by atoms with Crippen LogP contribution in [0.5, 0.6) is 0 Å². The summed E-state index contributed by atoms with van der Waals surface area (Å²) in [5, 5.41) is 0.842. The summed E-state index contributed by atoms with van der Waals surface area (Å²) in [6, 6.07) is 5.47. The van der Waals surface area contributed by atoms with Crippen LogP contribution in [0.1, 0.15) is 10.5 Å². The van der Waals surface area contributed by atoms with Gasteiger partial charge in [-0.1, -0.05) is 11.6 Å². The Morgan fingerprint density at radius 3 is 2.86 bits per heavy atom. The van der Waals surface area contributed by atoms with Gasteiger partial charge in [0.15, 0.2) is 6.29 Å².